The molecule has 0 radical (unpaired) electrons. The summed E-state index contributed by atoms with van der Waals surface area (Å²) >= 11 is 0. The highest BCUT2D eigenvalue weighted by molar-refractivity contribution is 6.25. The van der Waals surface area contributed by atoms with Gasteiger partial charge >= 0.3 is 0 Å². The van der Waals surface area contributed by atoms with Crippen molar-refractivity contribution >= 4 is 23.0 Å². The van der Waals surface area contributed by atoms with Crippen molar-refractivity contribution in [1.82, 2.24) is 5.16 Å². The van der Waals surface area contributed by atoms with Crippen LogP contribution in [0.5, 0.6) is 5.75 Å². The highest BCUT2D eigenvalue weighted by Gasteiger charge is 2.37. The molecule has 3 aromatic rings. The number of nitrogens with zero attached hydrogens (tertiary/aromatic N) is 2. The minimum atomic E-state index is -0.202. The summed E-state index contributed by atoms with van der Waals surface area (Å²) in [5.41, 5.74) is 2.82. The van der Waals surface area contributed by atoms with E-state index in [2.05, 4.69) is 10.1 Å². The number of para-hydroxylation sites is 2. The molecule has 0 aliphatic heterocycles. The quantitative estimate of drug-likeness (QED) is 0.320. The van der Waals surface area contributed by atoms with Crippen LogP contribution < -0.4 is 0 Å². The Balaban J connectivity index is 1.46. The van der Waals surface area contributed by atoms with E-state index < -0.39 is 0 Å². The number of aryl methyl sites for hydroxylation is 1. The molecule has 1 unspecified atom stereocenters. The fraction of sp³-hybridized carbons (Fsp3) is 0.333. The second kappa shape index (κ2) is 9.81. The van der Waals surface area contributed by atoms with Crippen molar-refractivity contribution in [2.24, 2.45) is 10.4 Å². The van der Waals surface area contributed by atoms with Crippen LogP contribution in [0.1, 0.15) is 72.8 Å². The second-order valence-corrected chi connectivity index (χ2v) is 10.7. The Morgan fingerprint density at radius 1 is 1.03 bits per heavy atom. The lowest BCUT2D eigenvalue weighted by Gasteiger charge is -2.27. The molecule has 5 rings (SSSR count). The van der Waals surface area contributed by atoms with E-state index in [4.69, 9.17) is 4.52 Å². The van der Waals surface area contributed by atoms with Gasteiger partial charge in [-0.25, -0.2) is 4.99 Å². The Morgan fingerprint density at radius 2 is 1.76 bits per heavy atom. The molecule has 7 nitrogen and oxygen atoms in total. The fourth-order valence-corrected chi connectivity index (χ4v) is 5.34. The van der Waals surface area contributed by atoms with E-state index in [0.717, 1.165) is 5.56 Å². The molecule has 0 amide bonds. The summed E-state index contributed by atoms with van der Waals surface area (Å²) in [5.74, 6) is 0.204. The molecule has 0 bridgehead atoms. The molecule has 1 fully saturated rings. The van der Waals surface area contributed by atoms with Crippen LogP contribution >= 0.6 is 0 Å². The normalized spacial score (nSPS) is 21.7. The number of benzene rings is 2. The molecule has 1 saturated carbocycles. The molecular formula is C30H30N2O5. The van der Waals surface area contributed by atoms with E-state index in [1.54, 1.807) is 18.2 Å². The zero-order valence-electron chi connectivity index (χ0n) is 21.0. The lowest BCUT2D eigenvalue weighted by Crippen LogP contribution is -2.27. The predicted octanol–water partition coefficient (Wildman–Crippen LogP) is 6.20. The van der Waals surface area contributed by atoms with E-state index in [9.17, 15) is 19.8 Å². The summed E-state index contributed by atoms with van der Waals surface area (Å²) in [5, 5.41) is 25.6. The molecule has 1 atom stereocenters. The molecule has 7 heteroatoms. The first-order valence-corrected chi connectivity index (χ1v) is 12.6. The minimum absolute atomic E-state index is 0.00113. The highest BCUT2D eigenvalue weighted by Crippen LogP contribution is 2.38. The highest BCUT2D eigenvalue weighted by atomic mass is 16.5. The first-order valence-electron chi connectivity index (χ1n) is 12.6. The van der Waals surface area contributed by atoms with Gasteiger partial charge in [0.2, 0.25) is 0 Å². The van der Waals surface area contributed by atoms with Crippen LogP contribution in [0.2, 0.25) is 0 Å². The fourth-order valence-electron chi connectivity index (χ4n) is 5.34. The van der Waals surface area contributed by atoms with Crippen molar-refractivity contribution < 1.29 is 24.3 Å². The Morgan fingerprint density at radius 3 is 2.51 bits per heavy atom. The third-order valence-electron chi connectivity index (χ3n) is 7.12. The number of carbonyl (C=O) groups is 2. The monoisotopic (exact) mass is 498 g/mol. The number of allylic oxidation sites excluding steroid dienone is 2. The zero-order valence-corrected chi connectivity index (χ0v) is 21.0. The predicted molar refractivity (Wildman–Crippen MR) is 140 cm³/mol. The summed E-state index contributed by atoms with van der Waals surface area (Å²) in [4.78, 5) is 30.8. The van der Waals surface area contributed by atoms with Crippen molar-refractivity contribution in [3.63, 3.8) is 0 Å². The lowest BCUT2D eigenvalue weighted by atomic mass is 9.76. The SMILES string of the molecule is CC1(C)CC(=O)c2c(CCC(O)=C3C(=O)CC(c4ccccc4)CC3=Nc3ccccc3O)noc2C1. The minimum Gasteiger partial charge on any atom is -0.511 e. The molecule has 0 saturated heterocycles. The standard InChI is InChI=1S/C30H30N2O5/c1-30(2)16-26(36)29-21(32-37-27(29)17-30)12-13-24(34)28-22(31-20-10-6-7-11-23(20)33)14-19(15-25(28)35)18-8-4-3-5-9-18/h3-11,19,33-34H,12-17H2,1-2H3. The third-order valence-corrected chi connectivity index (χ3v) is 7.12. The number of aromatic hydroxyl groups is 1. The van der Waals surface area contributed by atoms with E-state index in [1.807, 2.05) is 44.2 Å². The van der Waals surface area contributed by atoms with E-state index in [0.29, 0.717) is 47.7 Å². The number of phenolic OH excluding ortho intramolecular Hbond substituents is 1. The molecule has 2 aromatic carbocycles. The molecule has 1 heterocycles. The van der Waals surface area contributed by atoms with E-state index in [-0.39, 0.29) is 59.2 Å². The average Bonchev–Trinajstić information content (AvgIpc) is 3.26. The van der Waals surface area contributed by atoms with Gasteiger partial charge in [0.05, 0.1) is 22.5 Å². The number of aromatic nitrogens is 1. The third kappa shape index (κ3) is 5.12. The van der Waals surface area contributed by atoms with Gasteiger partial charge in [0, 0.05) is 32.1 Å². The Kier molecular flexibility index (Phi) is 6.54. The number of Topliss-reactive ketones (excluding diaryl/α,β-unsaturated/α-hetero) is 2. The molecule has 0 spiro atoms. The first-order chi connectivity index (χ1) is 17.7. The number of carbonyl (C=O) groups excluding carboxylic acids is 2. The maximum Gasteiger partial charge on any atom is 0.168 e. The number of hydrogen-bond acceptors (Lipinski definition) is 7. The first kappa shape index (κ1) is 24.7. The van der Waals surface area contributed by atoms with Crippen LogP contribution in [0.25, 0.3) is 0 Å². The van der Waals surface area contributed by atoms with Crippen LogP contribution in [-0.4, -0.2) is 32.6 Å². The maximum atomic E-state index is 13.4. The number of hydrogen-bond donors (Lipinski definition) is 2. The van der Waals surface area contributed by atoms with Crippen molar-refractivity contribution in [2.75, 3.05) is 0 Å². The van der Waals surface area contributed by atoms with E-state index >= 15 is 0 Å². The van der Waals surface area contributed by atoms with E-state index in [1.165, 1.54) is 6.07 Å². The Labute approximate surface area is 215 Å². The average molecular weight is 499 g/mol. The Hall–Kier alpha value is -4.00. The number of ketones is 2. The topological polar surface area (TPSA) is 113 Å². The van der Waals surface area contributed by atoms with Crippen LogP contribution in [0.3, 0.4) is 0 Å². The van der Waals surface area contributed by atoms with Crippen molar-refractivity contribution in [2.45, 2.75) is 58.3 Å². The van der Waals surface area contributed by atoms with Crippen LogP contribution in [0.4, 0.5) is 5.69 Å². The van der Waals surface area contributed by atoms with Gasteiger partial charge in [0.15, 0.2) is 11.6 Å². The Bertz CT molecular complexity index is 1410. The van der Waals surface area contributed by atoms with Gasteiger partial charge in [-0.2, -0.15) is 0 Å². The number of rotatable bonds is 5. The molecule has 2 N–H and O–H groups in total. The lowest BCUT2D eigenvalue weighted by molar-refractivity contribution is -0.116. The van der Waals surface area contributed by atoms with Crippen LogP contribution in [0, 0.1) is 5.41 Å². The van der Waals surface area contributed by atoms with Gasteiger partial charge in [-0.05, 0) is 35.4 Å². The van der Waals surface area contributed by atoms with Gasteiger partial charge < -0.3 is 14.7 Å². The molecule has 2 aliphatic rings. The van der Waals surface area contributed by atoms with Gasteiger partial charge in [0.25, 0.3) is 0 Å². The summed E-state index contributed by atoms with van der Waals surface area (Å²) in [6.07, 6.45) is 2.11. The van der Waals surface area contributed by atoms with Crippen molar-refractivity contribution in [1.29, 1.82) is 0 Å². The summed E-state index contributed by atoms with van der Waals surface area (Å²) < 4.78 is 5.48. The molecule has 1 aromatic heterocycles. The van der Waals surface area contributed by atoms with Crippen LogP contribution in [-0.2, 0) is 17.6 Å². The van der Waals surface area contributed by atoms with Crippen molar-refractivity contribution in [3.05, 3.63) is 88.5 Å². The molecule has 37 heavy (non-hydrogen) atoms. The van der Waals surface area contributed by atoms with Gasteiger partial charge in [0.1, 0.15) is 23.0 Å². The largest absolute Gasteiger partial charge is 0.511 e. The molecule has 190 valence electrons. The maximum absolute atomic E-state index is 13.4. The van der Waals surface area contributed by atoms with Gasteiger partial charge in [-0.3, -0.25) is 9.59 Å². The second-order valence-electron chi connectivity index (χ2n) is 10.7. The number of aliphatic imine (C=N–C) groups is 1. The molecular weight excluding hydrogens is 468 g/mol. The number of aliphatic hydroxyl groups excluding tert-OH is 1. The zero-order chi connectivity index (χ0) is 26.2. The summed E-state index contributed by atoms with van der Waals surface area (Å²) in [7, 11) is 0. The number of phenols is 1. The van der Waals surface area contributed by atoms with Gasteiger partial charge in [-0.1, -0.05) is 61.5 Å². The summed E-state index contributed by atoms with van der Waals surface area (Å²) in [6.45, 7) is 4.05. The smallest absolute Gasteiger partial charge is 0.168 e. The molecule has 2 aliphatic carbocycles. The van der Waals surface area contributed by atoms with Crippen LogP contribution in [0.15, 0.2) is 75.4 Å². The summed E-state index contributed by atoms with van der Waals surface area (Å²) in [6, 6.07) is 16.4. The van der Waals surface area contributed by atoms with Crippen molar-refractivity contribution in [3.8, 4) is 5.75 Å². The van der Waals surface area contributed by atoms with Gasteiger partial charge in [-0.15, -0.1) is 0 Å². The number of fused-ring (bicyclic) bond motifs is 1. The number of aliphatic hydroxyl groups is 1.